The zero-order valence-electron chi connectivity index (χ0n) is 79.8. The van der Waals surface area contributed by atoms with E-state index in [9.17, 15) is 187 Å². The summed E-state index contributed by atoms with van der Waals surface area (Å²) < 4.78 is 542. The summed E-state index contributed by atoms with van der Waals surface area (Å²) in [6, 6.07) is 0. The first-order valence-electron chi connectivity index (χ1n) is 47.8. The van der Waals surface area contributed by atoms with Crippen LogP contribution in [-0.4, -0.2) is 170 Å². The van der Waals surface area contributed by atoms with Gasteiger partial charge in [0.15, 0.2) is 0 Å². The van der Waals surface area contributed by atoms with Gasteiger partial charge in [0, 0.05) is 13.7 Å². The highest BCUT2D eigenvalue weighted by Gasteiger charge is 2.80. The molecule has 13 saturated carbocycles. The number of hydrogen-bond acceptors (Lipinski definition) is 9. The monoisotopic (exact) mass is 2130 g/mol. The zero-order chi connectivity index (χ0) is 108. The highest BCUT2D eigenvalue weighted by Crippen LogP contribution is 2.69. The number of rotatable bonds is 24. The Morgan fingerprint density at radius 1 is 0.255 bits per heavy atom. The molecule has 48 heteroatoms. The van der Waals surface area contributed by atoms with Crippen molar-refractivity contribution >= 4 is 0 Å². The number of fused-ring (bicyclic) bond motifs is 14. The molecule has 828 valence electrons. The van der Waals surface area contributed by atoms with E-state index in [1.807, 2.05) is 83.1 Å². The number of halogens is 39. The van der Waals surface area contributed by atoms with Gasteiger partial charge in [0.25, 0.3) is 33.6 Å². The molecule has 33 atom stereocenters. The second kappa shape index (κ2) is 41.7. The van der Waals surface area contributed by atoms with E-state index >= 15 is 0 Å². The third-order valence-electron chi connectivity index (χ3n) is 37.9. The van der Waals surface area contributed by atoms with Crippen molar-refractivity contribution in [2.24, 2.45) is 195 Å². The predicted molar refractivity (Wildman–Crippen MR) is 428 cm³/mol. The van der Waals surface area contributed by atoms with Gasteiger partial charge in [-0.05, 0) is 325 Å². The number of aliphatic hydroxyl groups is 3. The van der Waals surface area contributed by atoms with Crippen LogP contribution in [-0.2, 0) is 28.4 Å². The molecule has 0 saturated heterocycles. The average Bonchev–Trinajstić information content (AvgIpc) is 1.34. The number of allylic oxidation sites excluding steroid dienone is 2. The van der Waals surface area contributed by atoms with Gasteiger partial charge >= 0.3 is 80.3 Å². The van der Waals surface area contributed by atoms with Crippen molar-refractivity contribution in [1.29, 1.82) is 0 Å². The molecule has 0 heterocycles. The zero-order valence-corrected chi connectivity index (χ0v) is 79.8. The van der Waals surface area contributed by atoms with Gasteiger partial charge in [0.1, 0.15) is 20.4 Å². The Bertz CT molecular complexity index is 3780. The Balaban J connectivity index is 0.000000191. The van der Waals surface area contributed by atoms with E-state index in [0.29, 0.717) is 100 Å². The molecule has 33 unspecified atom stereocenters. The van der Waals surface area contributed by atoms with E-state index in [-0.39, 0.29) is 144 Å². The standard InChI is InChI=1S/C23H29F9O2.C16H24F6O2.C15H22F6O2.3C13H18F6O/c1-12-13(2)18-7-15(12)6-16(18)9-20(22(27,28)29,23(30,31)32)34-11-33-10-19(21(24,25)26)8-14-3-4-17(19)5-14;1-4-23-8-24-14(15(17,18)19,16(20,21)22)7-12-5-11-6-13(12)10(3)9(11)2;1-8-9(2)12-5-10(8)4-11(12)6-13(14(16,17)18,15(19,20)21)23-7-22-3;3*1-6-7(2)10-4-8(6)3-9(10)5-11(20,12(14,15)16)13(17,18)19/h3-4,12-18H,5-11H2,1-2H3;9-13H,4-8H2,1-3H3;8-12H,4-7H2,1-3H3;3*6-10,20H,3-5H2,1-2H3. The second-order valence-electron chi connectivity index (χ2n) is 44.3. The van der Waals surface area contributed by atoms with Crippen molar-refractivity contribution in [1.82, 2.24) is 0 Å². The van der Waals surface area contributed by atoms with Gasteiger partial charge in [0.2, 0.25) is 0 Å². The molecule has 0 spiro atoms. The van der Waals surface area contributed by atoms with Crippen molar-refractivity contribution in [3.8, 4) is 0 Å². The first kappa shape index (κ1) is 121. The van der Waals surface area contributed by atoms with E-state index in [4.69, 9.17) is 4.74 Å². The lowest BCUT2D eigenvalue weighted by Gasteiger charge is -2.42. The van der Waals surface area contributed by atoms with Crippen molar-refractivity contribution in [3.63, 3.8) is 0 Å². The van der Waals surface area contributed by atoms with Crippen LogP contribution >= 0.6 is 0 Å². The number of hydrogen-bond donors (Lipinski definition) is 3. The van der Waals surface area contributed by atoms with E-state index in [1.165, 1.54) is 13.0 Å². The summed E-state index contributed by atoms with van der Waals surface area (Å²) in [7, 11) is 0.999. The average molecular weight is 2130 g/mol. The highest BCUT2D eigenvalue weighted by atomic mass is 19.5. The first-order chi connectivity index (χ1) is 63.6. The van der Waals surface area contributed by atoms with Gasteiger partial charge in [0.05, 0.1) is 12.0 Å². The maximum absolute atomic E-state index is 14.0. The molecule has 0 aromatic heterocycles. The third kappa shape index (κ3) is 23.1. The summed E-state index contributed by atoms with van der Waals surface area (Å²) in [6.45, 7) is 20.1. The molecule has 0 amide bonds. The molecule has 9 nitrogen and oxygen atoms in total. The molecular weight excluding hydrogens is 2000 g/mol. The quantitative estimate of drug-likeness (QED) is 0.0376. The topological polar surface area (TPSA) is 116 Å². The summed E-state index contributed by atoms with van der Waals surface area (Å²) in [5.74, 6) is -2.81. The molecule has 0 aromatic rings. The van der Waals surface area contributed by atoms with Gasteiger partial charge in [-0.2, -0.15) is 171 Å². The normalized spacial score (nSPS) is 37.6. The van der Waals surface area contributed by atoms with Gasteiger partial charge in [-0.1, -0.05) is 95.2 Å². The lowest BCUT2D eigenvalue weighted by atomic mass is 9.71. The van der Waals surface area contributed by atoms with E-state index < -0.39 is 226 Å². The van der Waals surface area contributed by atoms with Crippen LogP contribution in [0.3, 0.4) is 0 Å². The van der Waals surface area contributed by atoms with Crippen molar-refractivity contribution in [2.75, 3.05) is 40.7 Å². The molecule has 13 fully saturated rings. The summed E-state index contributed by atoms with van der Waals surface area (Å²) in [6.07, 6.45) is -70.8. The molecule has 14 bridgehead atoms. The molecule has 0 radical (unpaired) electrons. The first-order valence-corrected chi connectivity index (χ1v) is 47.8. The van der Waals surface area contributed by atoms with Gasteiger partial charge in [-0.15, -0.1) is 0 Å². The van der Waals surface area contributed by atoms with Gasteiger partial charge in [-0.3, -0.25) is 0 Å². The maximum Gasteiger partial charge on any atom is 0.426 e. The molecule has 14 aliphatic rings. The van der Waals surface area contributed by atoms with Crippen LogP contribution in [0.4, 0.5) is 171 Å². The summed E-state index contributed by atoms with van der Waals surface area (Å²) in [4.78, 5) is 0. The highest BCUT2D eigenvalue weighted by molar-refractivity contribution is 5.19. The SMILES string of the molecule is CC1C2CC(CC(O)(C(F)(F)F)C(F)(F)F)C(C2)C1C.CC1C2CC(CC(O)(C(F)(F)F)C(F)(F)F)C(C2)C1C.CC1C2CC(CC(O)(C(F)(F)F)C(F)(F)F)C(C2)C1C.CC1C2CC(CC(OCOCC3(C(F)(F)F)CC4C=CC3C4)(C(F)(F)F)C(F)(F)F)C(C2)C1C.CCOCOC(CC1CC2CC1C(C)C2C)(C(F)(F)F)C(F)(F)F.COCOC(CC1CC2CC1C(C)C2C)(C(F)(F)F)C(F)(F)F. The molecule has 0 aromatic carbocycles. The van der Waals surface area contributed by atoms with Crippen molar-refractivity contribution in [3.05, 3.63) is 12.2 Å². The minimum atomic E-state index is -5.80. The summed E-state index contributed by atoms with van der Waals surface area (Å²) >= 11 is 0. The lowest BCUT2D eigenvalue weighted by Crippen LogP contribution is -2.60. The van der Waals surface area contributed by atoms with Crippen molar-refractivity contribution < 1.29 is 215 Å². The lowest BCUT2D eigenvalue weighted by molar-refractivity contribution is -0.400. The fraction of sp³-hybridized carbons (Fsp3) is 0.978. The van der Waals surface area contributed by atoms with Crippen LogP contribution in [0.5, 0.6) is 0 Å². The van der Waals surface area contributed by atoms with Gasteiger partial charge < -0.3 is 43.7 Å². The van der Waals surface area contributed by atoms with Crippen LogP contribution in [0.2, 0.25) is 0 Å². The van der Waals surface area contributed by atoms with Crippen LogP contribution in [0.25, 0.3) is 0 Å². The van der Waals surface area contributed by atoms with E-state index in [1.54, 1.807) is 6.08 Å². The van der Waals surface area contributed by atoms with Gasteiger partial charge in [-0.25, -0.2) is 0 Å². The smallest absolute Gasteiger partial charge is 0.374 e. The number of ether oxygens (including phenoxy) is 6. The Kier molecular flexibility index (Phi) is 35.8. The molecule has 3 N–H and O–H groups in total. The Morgan fingerprint density at radius 2 is 0.461 bits per heavy atom. The fourth-order valence-electron chi connectivity index (χ4n) is 28.5. The maximum atomic E-state index is 14.0. The molecule has 0 aliphatic heterocycles. The van der Waals surface area contributed by atoms with E-state index in [0.717, 1.165) is 7.11 Å². The largest absolute Gasteiger partial charge is 0.426 e. The third-order valence-corrected chi connectivity index (χ3v) is 37.9. The summed E-state index contributed by atoms with van der Waals surface area (Å²) in [5.41, 5.74) is -28.9. The molecular formula is C93H129F39O9. The Labute approximate surface area is 792 Å². The number of alkyl halides is 39. The predicted octanol–water partition coefficient (Wildman–Crippen LogP) is 29.8. The molecule has 141 heavy (non-hydrogen) atoms. The molecule has 14 aliphatic carbocycles. The van der Waals surface area contributed by atoms with Crippen LogP contribution in [0.1, 0.15) is 218 Å². The van der Waals surface area contributed by atoms with Crippen LogP contribution < -0.4 is 0 Å². The van der Waals surface area contributed by atoms with Crippen LogP contribution in [0.15, 0.2) is 12.2 Å². The van der Waals surface area contributed by atoms with Crippen molar-refractivity contribution in [2.45, 2.75) is 332 Å². The van der Waals surface area contributed by atoms with Crippen LogP contribution in [0, 0.1) is 195 Å². The Hall–Kier alpha value is -3.35. The summed E-state index contributed by atoms with van der Waals surface area (Å²) in [5, 5.41) is 27.8. The minimum absolute atomic E-state index is 0.00310. The Morgan fingerprint density at radius 3 is 0.617 bits per heavy atom. The second-order valence-corrected chi connectivity index (χ2v) is 44.3. The fourth-order valence-corrected chi connectivity index (χ4v) is 28.5. The molecule has 14 rings (SSSR count). The minimum Gasteiger partial charge on any atom is -0.374 e. The number of methoxy groups -OCH3 is 1. The van der Waals surface area contributed by atoms with E-state index in [2.05, 4.69) is 23.7 Å².